The van der Waals surface area contributed by atoms with Crippen molar-refractivity contribution in [2.45, 2.75) is 20.8 Å². The molecule has 0 atom stereocenters. The smallest absolute Gasteiger partial charge is 0.256 e. The van der Waals surface area contributed by atoms with E-state index in [1.807, 2.05) is 62.5 Å². The quantitative estimate of drug-likeness (QED) is 0.393. The summed E-state index contributed by atoms with van der Waals surface area (Å²) >= 11 is 1.47. The molecule has 0 fully saturated rings. The number of hydrogen-bond acceptors (Lipinski definition) is 6. The van der Waals surface area contributed by atoms with Gasteiger partial charge < -0.3 is 14.8 Å². The fourth-order valence-corrected chi connectivity index (χ4v) is 4.01. The SMILES string of the molecule is CCOc1ccc(C(=O)Nc2cc(C)nn2-c2nc(-c3ccccc3)cs2)cc1OCC. The number of benzene rings is 2. The van der Waals surface area contributed by atoms with Crippen molar-refractivity contribution in [2.75, 3.05) is 18.5 Å². The minimum absolute atomic E-state index is 0.269. The van der Waals surface area contributed by atoms with Crippen LogP contribution in [0.2, 0.25) is 0 Å². The fourth-order valence-electron chi connectivity index (χ4n) is 3.22. The number of nitrogens with one attached hydrogen (secondary N) is 1. The first-order valence-electron chi connectivity index (χ1n) is 10.4. The maximum absolute atomic E-state index is 13.0. The number of anilines is 1. The summed E-state index contributed by atoms with van der Waals surface area (Å²) in [6.45, 7) is 6.67. The Balaban J connectivity index is 1.59. The molecule has 0 unspecified atom stereocenters. The molecule has 0 aliphatic carbocycles. The molecule has 4 aromatic rings. The van der Waals surface area contributed by atoms with E-state index in [2.05, 4.69) is 10.4 Å². The summed E-state index contributed by atoms with van der Waals surface area (Å²) < 4.78 is 12.9. The number of thiazole rings is 1. The predicted octanol–water partition coefficient (Wildman–Crippen LogP) is 5.35. The lowest BCUT2D eigenvalue weighted by Crippen LogP contribution is -2.15. The number of nitrogens with zero attached hydrogens (tertiary/aromatic N) is 3. The summed E-state index contributed by atoms with van der Waals surface area (Å²) in [5.74, 6) is 1.44. The molecule has 8 heteroatoms. The number of carbonyl (C=O) groups excluding carboxylic acids is 1. The van der Waals surface area contributed by atoms with Gasteiger partial charge in [-0.25, -0.2) is 4.98 Å². The summed E-state index contributed by atoms with van der Waals surface area (Å²) in [4.78, 5) is 17.7. The van der Waals surface area contributed by atoms with Gasteiger partial charge in [-0.1, -0.05) is 30.3 Å². The Labute approximate surface area is 190 Å². The summed E-state index contributed by atoms with van der Waals surface area (Å²) in [7, 11) is 0. The highest BCUT2D eigenvalue weighted by Gasteiger charge is 2.17. The van der Waals surface area contributed by atoms with Crippen LogP contribution in [0.1, 0.15) is 29.9 Å². The van der Waals surface area contributed by atoms with Gasteiger partial charge in [0, 0.05) is 22.6 Å². The van der Waals surface area contributed by atoms with Crippen molar-refractivity contribution in [2.24, 2.45) is 0 Å². The molecule has 0 aliphatic heterocycles. The molecule has 1 amide bonds. The van der Waals surface area contributed by atoms with Crippen LogP contribution in [-0.4, -0.2) is 33.9 Å². The van der Waals surface area contributed by atoms with Gasteiger partial charge in [-0.05, 0) is 39.0 Å². The Bertz CT molecular complexity index is 1220. The van der Waals surface area contributed by atoms with Crippen molar-refractivity contribution in [1.29, 1.82) is 0 Å². The van der Waals surface area contributed by atoms with E-state index in [0.29, 0.717) is 41.2 Å². The number of aromatic nitrogens is 3. The van der Waals surface area contributed by atoms with Gasteiger partial charge in [0.25, 0.3) is 5.91 Å². The maximum Gasteiger partial charge on any atom is 0.256 e. The molecule has 0 spiro atoms. The first-order valence-corrected chi connectivity index (χ1v) is 11.3. The monoisotopic (exact) mass is 448 g/mol. The third-order valence-electron chi connectivity index (χ3n) is 4.62. The van der Waals surface area contributed by atoms with E-state index in [0.717, 1.165) is 17.0 Å². The van der Waals surface area contributed by atoms with Crippen molar-refractivity contribution in [3.8, 4) is 27.9 Å². The standard InChI is InChI=1S/C24H24N4O3S/c1-4-30-20-12-11-18(14-21(20)31-5-2)23(29)26-22-13-16(3)27-28(22)24-25-19(15-32-24)17-9-7-6-8-10-17/h6-15H,4-5H2,1-3H3,(H,26,29). The van der Waals surface area contributed by atoms with Crippen LogP contribution < -0.4 is 14.8 Å². The molecule has 1 N–H and O–H groups in total. The second-order valence-corrected chi connectivity index (χ2v) is 7.78. The third kappa shape index (κ3) is 4.65. The molecule has 4 rings (SSSR count). The fraction of sp³-hybridized carbons (Fsp3) is 0.208. The molecule has 2 aromatic heterocycles. The van der Waals surface area contributed by atoms with E-state index in [-0.39, 0.29) is 5.91 Å². The molecular formula is C24H24N4O3S. The van der Waals surface area contributed by atoms with Crippen LogP contribution in [0.15, 0.2) is 60.0 Å². The van der Waals surface area contributed by atoms with Gasteiger partial charge >= 0.3 is 0 Å². The van der Waals surface area contributed by atoms with E-state index >= 15 is 0 Å². The summed E-state index contributed by atoms with van der Waals surface area (Å²) in [6, 6.07) is 16.9. The number of hydrogen-bond donors (Lipinski definition) is 1. The number of carbonyl (C=O) groups is 1. The van der Waals surface area contributed by atoms with Crippen molar-refractivity contribution in [3.05, 3.63) is 71.2 Å². The Hall–Kier alpha value is -3.65. The zero-order chi connectivity index (χ0) is 22.5. The van der Waals surface area contributed by atoms with Crippen LogP contribution >= 0.6 is 11.3 Å². The zero-order valence-corrected chi connectivity index (χ0v) is 19.0. The number of aryl methyl sites for hydroxylation is 1. The molecule has 7 nitrogen and oxygen atoms in total. The summed E-state index contributed by atoms with van der Waals surface area (Å²) in [5.41, 5.74) is 3.14. The van der Waals surface area contributed by atoms with Gasteiger partial charge in [-0.3, -0.25) is 4.79 Å². The van der Waals surface area contributed by atoms with Gasteiger partial charge in [0.05, 0.1) is 24.6 Å². The third-order valence-corrected chi connectivity index (χ3v) is 5.44. The lowest BCUT2D eigenvalue weighted by atomic mass is 10.2. The predicted molar refractivity (Wildman–Crippen MR) is 126 cm³/mol. The van der Waals surface area contributed by atoms with Crippen LogP contribution in [0.5, 0.6) is 11.5 Å². The number of ether oxygens (including phenoxy) is 2. The molecule has 2 aromatic carbocycles. The first kappa shape index (κ1) is 21.6. The number of rotatable bonds is 8. The van der Waals surface area contributed by atoms with Crippen LogP contribution in [0, 0.1) is 6.92 Å². The molecule has 0 aliphatic rings. The van der Waals surface area contributed by atoms with E-state index in [9.17, 15) is 4.79 Å². The Morgan fingerprint density at radius 3 is 2.53 bits per heavy atom. The summed E-state index contributed by atoms with van der Waals surface area (Å²) in [6.07, 6.45) is 0. The van der Waals surface area contributed by atoms with Crippen molar-refractivity contribution in [1.82, 2.24) is 14.8 Å². The second-order valence-electron chi connectivity index (χ2n) is 6.95. The molecule has 2 heterocycles. The van der Waals surface area contributed by atoms with E-state index in [1.54, 1.807) is 22.9 Å². The molecule has 0 saturated carbocycles. The molecule has 164 valence electrons. The lowest BCUT2D eigenvalue weighted by molar-refractivity contribution is 0.102. The maximum atomic E-state index is 13.0. The van der Waals surface area contributed by atoms with Gasteiger partial charge in [0.2, 0.25) is 5.13 Å². The van der Waals surface area contributed by atoms with E-state index in [1.165, 1.54) is 11.3 Å². The molecule has 32 heavy (non-hydrogen) atoms. The molecular weight excluding hydrogens is 424 g/mol. The van der Waals surface area contributed by atoms with Crippen LogP contribution in [0.25, 0.3) is 16.4 Å². The Morgan fingerprint density at radius 2 is 1.78 bits per heavy atom. The van der Waals surface area contributed by atoms with Crippen LogP contribution in [0.3, 0.4) is 0 Å². The van der Waals surface area contributed by atoms with Crippen molar-refractivity contribution in [3.63, 3.8) is 0 Å². The van der Waals surface area contributed by atoms with Gasteiger partial charge in [0.15, 0.2) is 11.5 Å². The minimum Gasteiger partial charge on any atom is -0.490 e. The van der Waals surface area contributed by atoms with Crippen molar-refractivity contribution >= 4 is 23.1 Å². The largest absolute Gasteiger partial charge is 0.490 e. The highest BCUT2D eigenvalue weighted by atomic mass is 32.1. The average molecular weight is 449 g/mol. The van der Waals surface area contributed by atoms with E-state index in [4.69, 9.17) is 14.5 Å². The van der Waals surface area contributed by atoms with Crippen LogP contribution in [0.4, 0.5) is 5.82 Å². The lowest BCUT2D eigenvalue weighted by Gasteiger charge is -2.12. The molecule has 0 saturated heterocycles. The zero-order valence-electron chi connectivity index (χ0n) is 18.2. The van der Waals surface area contributed by atoms with Crippen LogP contribution in [-0.2, 0) is 0 Å². The highest BCUT2D eigenvalue weighted by molar-refractivity contribution is 7.12. The number of amides is 1. The minimum atomic E-state index is -0.269. The highest BCUT2D eigenvalue weighted by Crippen LogP contribution is 2.30. The Kier molecular flexibility index (Phi) is 6.51. The first-order chi connectivity index (χ1) is 15.6. The van der Waals surface area contributed by atoms with Gasteiger partial charge in [0.1, 0.15) is 5.82 Å². The topological polar surface area (TPSA) is 78.3 Å². The average Bonchev–Trinajstić information content (AvgIpc) is 3.42. The normalized spacial score (nSPS) is 10.7. The van der Waals surface area contributed by atoms with Gasteiger partial charge in [-0.15, -0.1) is 11.3 Å². The van der Waals surface area contributed by atoms with Crippen molar-refractivity contribution < 1.29 is 14.3 Å². The second kappa shape index (κ2) is 9.65. The summed E-state index contributed by atoms with van der Waals surface area (Å²) in [5, 5.41) is 10.1. The molecule has 0 bridgehead atoms. The molecule has 0 radical (unpaired) electrons. The van der Waals surface area contributed by atoms with E-state index < -0.39 is 0 Å². The Morgan fingerprint density at radius 1 is 1.03 bits per heavy atom. The van der Waals surface area contributed by atoms with Gasteiger partial charge in [-0.2, -0.15) is 9.78 Å².